The Labute approximate surface area is 115 Å². The van der Waals surface area contributed by atoms with E-state index in [1.54, 1.807) is 6.20 Å². The Kier molecular flexibility index (Phi) is 2.39. The van der Waals surface area contributed by atoms with E-state index in [1.165, 1.54) is 0 Å². The van der Waals surface area contributed by atoms with Gasteiger partial charge in [-0.15, -0.1) is 0 Å². The lowest BCUT2D eigenvalue weighted by atomic mass is 10.1. The summed E-state index contributed by atoms with van der Waals surface area (Å²) < 4.78 is 5.30. The van der Waals surface area contributed by atoms with Crippen LogP contribution in [0, 0.1) is 0 Å². The van der Waals surface area contributed by atoms with Crippen LogP contribution in [-0.4, -0.2) is 10.9 Å². The highest BCUT2D eigenvalue weighted by Gasteiger charge is 2.20. The molecule has 1 aliphatic rings. The van der Waals surface area contributed by atoms with Crippen LogP contribution in [0.5, 0.6) is 0 Å². The van der Waals surface area contributed by atoms with Crippen LogP contribution in [0.1, 0.15) is 11.1 Å². The van der Waals surface area contributed by atoms with E-state index in [-0.39, 0.29) is 0 Å². The van der Waals surface area contributed by atoms with Crippen LogP contribution in [-0.2, 0) is 0 Å². The van der Waals surface area contributed by atoms with Gasteiger partial charge in [0.15, 0.2) is 0 Å². The molecular weight excluding hydrogens is 250 g/mol. The highest BCUT2D eigenvalue weighted by Crippen LogP contribution is 2.35. The van der Waals surface area contributed by atoms with E-state index in [0.717, 1.165) is 28.2 Å². The fourth-order valence-electron chi connectivity index (χ4n) is 2.29. The summed E-state index contributed by atoms with van der Waals surface area (Å²) >= 11 is 0. The maximum absolute atomic E-state index is 5.30. The molecule has 3 aromatic rings. The Morgan fingerprint density at radius 2 is 1.70 bits per heavy atom. The molecule has 1 aliphatic heterocycles. The number of para-hydroxylation sites is 2. The van der Waals surface area contributed by atoms with Gasteiger partial charge in [0.05, 0.1) is 28.8 Å². The molecule has 4 heteroatoms. The van der Waals surface area contributed by atoms with Crippen molar-refractivity contribution in [3.8, 4) is 0 Å². The van der Waals surface area contributed by atoms with E-state index in [1.807, 2.05) is 54.6 Å². The van der Waals surface area contributed by atoms with Crippen molar-refractivity contribution >= 4 is 23.0 Å². The molecule has 0 fully saturated rings. The van der Waals surface area contributed by atoms with Gasteiger partial charge >= 0.3 is 0 Å². The van der Waals surface area contributed by atoms with Gasteiger partial charge in [-0.1, -0.05) is 47.6 Å². The van der Waals surface area contributed by atoms with Gasteiger partial charge in [0, 0.05) is 5.56 Å². The lowest BCUT2D eigenvalue weighted by Gasteiger charge is -2.03. The van der Waals surface area contributed by atoms with Crippen molar-refractivity contribution in [1.82, 2.24) is 5.16 Å². The zero-order valence-corrected chi connectivity index (χ0v) is 10.6. The summed E-state index contributed by atoms with van der Waals surface area (Å²) in [6, 6.07) is 17.9. The number of hydrogen-bond donors (Lipinski definition) is 1. The minimum atomic E-state index is 0.623. The van der Waals surface area contributed by atoms with Crippen LogP contribution in [0.3, 0.4) is 0 Å². The summed E-state index contributed by atoms with van der Waals surface area (Å²) in [4.78, 5) is 4.78. The maximum Gasteiger partial charge on any atom is 0.238 e. The summed E-state index contributed by atoms with van der Waals surface area (Å²) in [5.74, 6) is 0.623. The van der Waals surface area contributed by atoms with Crippen LogP contribution in [0.15, 0.2) is 70.3 Å². The quantitative estimate of drug-likeness (QED) is 0.565. The first-order valence-electron chi connectivity index (χ1n) is 6.37. The van der Waals surface area contributed by atoms with E-state index in [4.69, 9.17) is 9.52 Å². The highest BCUT2D eigenvalue weighted by molar-refractivity contribution is 6.17. The zero-order chi connectivity index (χ0) is 13.4. The van der Waals surface area contributed by atoms with Gasteiger partial charge in [-0.05, 0) is 12.1 Å². The van der Waals surface area contributed by atoms with Gasteiger partial charge in [-0.3, -0.25) is 0 Å². The predicted octanol–water partition coefficient (Wildman–Crippen LogP) is 3.90. The third-order valence-corrected chi connectivity index (χ3v) is 3.26. The third kappa shape index (κ3) is 1.70. The first kappa shape index (κ1) is 11.0. The number of anilines is 2. The number of rotatable bonds is 1. The number of hydrogen-bond acceptors (Lipinski definition) is 4. The molecule has 1 N–H and O–H groups in total. The van der Waals surface area contributed by atoms with Gasteiger partial charge in [0.2, 0.25) is 5.88 Å². The first-order chi connectivity index (χ1) is 9.92. The molecule has 2 heterocycles. The highest BCUT2D eigenvalue weighted by atomic mass is 16.5. The lowest BCUT2D eigenvalue weighted by Crippen LogP contribution is -2.02. The number of benzene rings is 2. The molecule has 1 aromatic heterocycles. The Hall–Kier alpha value is -2.88. The fourth-order valence-corrected chi connectivity index (χ4v) is 2.29. The van der Waals surface area contributed by atoms with Gasteiger partial charge in [-0.2, -0.15) is 0 Å². The smallest absolute Gasteiger partial charge is 0.238 e. The maximum atomic E-state index is 5.30. The van der Waals surface area contributed by atoms with E-state index < -0.39 is 0 Å². The zero-order valence-electron chi connectivity index (χ0n) is 10.6. The molecule has 4 nitrogen and oxygen atoms in total. The molecular formula is C16H11N3O. The van der Waals surface area contributed by atoms with Crippen molar-refractivity contribution in [3.05, 3.63) is 71.9 Å². The summed E-state index contributed by atoms with van der Waals surface area (Å²) in [5.41, 5.74) is 4.57. The van der Waals surface area contributed by atoms with Gasteiger partial charge in [0.1, 0.15) is 0 Å². The average Bonchev–Trinajstić information content (AvgIpc) is 2.89. The SMILES string of the molecule is c1ccc(C2=Nc3ccccc3Nc3oncc32)cc1. The fraction of sp³-hybridized carbons (Fsp3) is 0. The molecule has 0 spiro atoms. The molecule has 0 bridgehead atoms. The largest absolute Gasteiger partial charge is 0.338 e. The van der Waals surface area contributed by atoms with Crippen molar-refractivity contribution in [2.45, 2.75) is 0 Å². The summed E-state index contributed by atoms with van der Waals surface area (Å²) in [7, 11) is 0. The van der Waals surface area contributed by atoms with Crippen LogP contribution < -0.4 is 5.32 Å². The normalized spacial score (nSPS) is 12.7. The summed E-state index contributed by atoms with van der Waals surface area (Å²) in [6.45, 7) is 0. The molecule has 0 saturated heterocycles. The van der Waals surface area contributed by atoms with E-state index in [0.29, 0.717) is 5.88 Å². The molecule has 96 valence electrons. The standard InChI is InChI=1S/C16H11N3O/c1-2-6-11(7-3-1)15-12-10-17-20-16(12)19-14-9-5-4-8-13(14)18-15/h1-10,19H. The number of aromatic nitrogens is 1. The first-order valence-corrected chi connectivity index (χ1v) is 6.37. The van der Waals surface area contributed by atoms with Gasteiger partial charge in [0.25, 0.3) is 0 Å². The number of aliphatic imine (C=N–C) groups is 1. The van der Waals surface area contributed by atoms with Crippen molar-refractivity contribution in [2.24, 2.45) is 4.99 Å². The number of nitrogens with zero attached hydrogens (tertiary/aromatic N) is 2. The molecule has 2 aromatic carbocycles. The van der Waals surface area contributed by atoms with Crippen LogP contribution in [0.25, 0.3) is 0 Å². The molecule has 0 amide bonds. The molecule has 0 radical (unpaired) electrons. The van der Waals surface area contributed by atoms with Crippen LogP contribution >= 0.6 is 0 Å². The Bertz CT molecular complexity index is 790. The molecule has 20 heavy (non-hydrogen) atoms. The van der Waals surface area contributed by atoms with Crippen molar-refractivity contribution in [3.63, 3.8) is 0 Å². The average molecular weight is 261 g/mol. The molecule has 0 unspecified atom stereocenters. The summed E-state index contributed by atoms with van der Waals surface area (Å²) in [6.07, 6.45) is 1.69. The number of fused-ring (bicyclic) bond motifs is 2. The molecule has 0 aliphatic carbocycles. The topological polar surface area (TPSA) is 50.4 Å². The second-order valence-electron chi connectivity index (χ2n) is 4.54. The Morgan fingerprint density at radius 1 is 0.900 bits per heavy atom. The number of nitrogens with one attached hydrogen (secondary N) is 1. The Morgan fingerprint density at radius 3 is 2.60 bits per heavy atom. The second-order valence-corrected chi connectivity index (χ2v) is 4.54. The minimum Gasteiger partial charge on any atom is -0.338 e. The van der Waals surface area contributed by atoms with Gasteiger partial charge < -0.3 is 9.84 Å². The van der Waals surface area contributed by atoms with E-state index >= 15 is 0 Å². The van der Waals surface area contributed by atoms with Crippen LogP contribution in [0.2, 0.25) is 0 Å². The van der Waals surface area contributed by atoms with Crippen molar-refractivity contribution in [1.29, 1.82) is 0 Å². The Balaban J connectivity index is 1.99. The van der Waals surface area contributed by atoms with Crippen LogP contribution in [0.4, 0.5) is 17.3 Å². The lowest BCUT2D eigenvalue weighted by molar-refractivity contribution is 0.435. The van der Waals surface area contributed by atoms with Crippen molar-refractivity contribution in [2.75, 3.05) is 5.32 Å². The second kappa shape index (κ2) is 4.35. The predicted molar refractivity (Wildman–Crippen MR) is 78.0 cm³/mol. The molecule has 0 saturated carbocycles. The molecule has 0 atom stereocenters. The van der Waals surface area contributed by atoms with Gasteiger partial charge in [-0.25, -0.2) is 4.99 Å². The minimum absolute atomic E-state index is 0.623. The third-order valence-electron chi connectivity index (χ3n) is 3.26. The molecule has 4 rings (SSSR count). The monoisotopic (exact) mass is 261 g/mol. The van der Waals surface area contributed by atoms with E-state index in [9.17, 15) is 0 Å². The summed E-state index contributed by atoms with van der Waals surface area (Å²) in [5, 5.41) is 7.11. The van der Waals surface area contributed by atoms with E-state index in [2.05, 4.69) is 10.5 Å². The van der Waals surface area contributed by atoms with Crippen molar-refractivity contribution < 1.29 is 4.52 Å².